The zero-order valence-corrected chi connectivity index (χ0v) is 39.7. The Labute approximate surface area is 399 Å². The monoisotopic (exact) mass is 960 g/mol. The third-order valence-corrected chi connectivity index (χ3v) is 12.1. The summed E-state index contributed by atoms with van der Waals surface area (Å²) in [6.07, 6.45) is 4.04. The van der Waals surface area contributed by atoms with Crippen LogP contribution in [0, 0.1) is 22.6 Å². The van der Waals surface area contributed by atoms with Crippen molar-refractivity contribution < 1.29 is 47.3 Å². The lowest BCUT2D eigenvalue weighted by Crippen LogP contribution is -2.58. The average Bonchev–Trinajstić information content (AvgIpc) is 4.01. The fourth-order valence-electron chi connectivity index (χ4n) is 7.77. The lowest BCUT2D eigenvalue weighted by Gasteiger charge is -2.35. The van der Waals surface area contributed by atoms with E-state index in [4.69, 9.17) is 37.7 Å². The molecule has 0 unspecified atom stereocenters. The fourth-order valence-corrected chi connectivity index (χ4v) is 8.51. The number of nitriles is 1. The first-order valence-electron chi connectivity index (χ1n) is 22.0. The highest BCUT2D eigenvalue weighted by Crippen LogP contribution is 2.39. The van der Waals surface area contributed by atoms with Crippen LogP contribution in [0.4, 0.5) is 15.8 Å². The Kier molecular flexibility index (Phi) is 16.7. The zero-order valence-electron chi connectivity index (χ0n) is 38.1. The molecule has 0 saturated carbocycles. The minimum atomic E-state index is -1.14. The number of amides is 4. The summed E-state index contributed by atoms with van der Waals surface area (Å²) < 4.78 is 36.4. The number of carbonyl (C=O) groups excluding carboxylic acids is 4. The van der Waals surface area contributed by atoms with Crippen LogP contribution < -0.4 is 25.2 Å². The standard InChI is InChI=1S/C48H55ClFN7O9S/c1-47(2,3)42(44(61)55-27-35(58)23-38(55)43(60)53-25-30-9-11-31(12-10-30)40-26-52-29-66-40)54-41(59)28-64-19-8-18-63-17-6-7-20-65-39-16-15-34(22-37(39)50)57-46(67)56(45(62)48(57,4)5)33-14-13-32(24-51)36(49)21-33/h9-16,21-22,26,29,35,38,42,58H,6-8,17-20,23,25,27-28H2,1-5H3,(H,53,60)(H,54,59)/p+1/t35-,38+,42-/m1/s1. The molecule has 2 saturated heterocycles. The molecule has 4 aromatic rings. The summed E-state index contributed by atoms with van der Waals surface area (Å²) in [5.74, 6) is -1.61. The van der Waals surface area contributed by atoms with Gasteiger partial charge in [-0.15, -0.1) is 0 Å². The maximum Gasteiger partial charge on any atom is 0.259 e. The van der Waals surface area contributed by atoms with Crippen molar-refractivity contribution in [1.82, 2.24) is 20.5 Å². The van der Waals surface area contributed by atoms with E-state index in [1.165, 1.54) is 40.5 Å². The van der Waals surface area contributed by atoms with Crippen LogP contribution in [0.2, 0.25) is 5.02 Å². The van der Waals surface area contributed by atoms with Crippen molar-refractivity contribution in [3.63, 3.8) is 0 Å². The smallest absolute Gasteiger partial charge is 0.259 e. The van der Waals surface area contributed by atoms with E-state index in [-0.39, 0.29) is 66.7 Å². The van der Waals surface area contributed by atoms with E-state index in [0.717, 1.165) is 11.1 Å². The fraction of sp³-hybridized carbons (Fsp3) is 0.438. The molecule has 4 N–H and O–H groups in total. The molecule has 1 aromatic heterocycles. The van der Waals surface area contributed by atoms with E-state index in [1.807, 2.05) is 51.1 Å². The number of β-amino-alcohol motifs (C(OH)–C–C–N with tert-alkyl or cyclic N) is 1. The van der Waals surface area contributed by atoms with Gasteiger partial charge >= 0.3 is 0 Å². The van der Waals surface area contributed by atoms with E-state index in [0.29, 0.717) is 49.6 Å². The number of rotatable bonds is 20. The number of unbranched alkanes of at least 4 members (excludes halogenated alkanes) is 1. The van der Waals surface area contributed by atoms with E-state index in [1.54, 1.807) is 37.1 Å². The van der Waals surface area contributed by atoms with E-state index in [2.05, 4.69) is 20.4 Å². The minimum Gasteiger partial charge on any atom is -0.491 e. The lowest BCUT2D eigenvalue weighted by atomic mass is 9.85. The molecule has 0 radical (unpaired) electrons. The van der Waals surface area contributed by atoms with Gasteiger partial charge in [-0.2, -0.15) is 5.26 Å². The number of carbonyl (C=O) groups is 4. The van der Waals surface area contributed by atoms with Gasteiger partial charge in [0.25, 0.3) is 5.91 Å². The maximum absolute atomic E-state index is 15.3. The zero-order chi connectivity index (χ0) is 48.5. The van der Waals surface area contributed by atoms with Gasteiger partial charge in [0.05, 0.1) is 41.8 Å². The van der Waals surface area contributed by atoms with E-state index >= 15 is 4.39 Å². The number of aliphatic hydroxyl groups excluding tert-OH is 1. The molecule has 0 aliphatic carbocycles. The van der Waals surface area contributed by atoms with Crippen molar-refractivity contribution in [3.05, 3.63) is 95.2 Å². The number of likely N-dealkylation sites (tertiary alicyclic amines) is 1. The molecule has 67 heavy (non-hydrogen) atoms. The number of benzene rings is 3. The minimum absolute atomic E-state index is 0.0380. The number of hydrogen-bond donors (Lipinski definition) is 3. The molecule has 2 fully saturated rings. The predicted octanol–water partition coefficient (Wildman–Crippen LogP) is 5.83. The number of aromatic nitrogens is 1. The molecule has 3 atom stereocenters. The van der Waals surface area contributed by atoms with Crippen molar-refractivity contribution in [2.24, 2.45) is 5.41 Å². The van der Waals surface area contributed by atoms with Gasteiger partial charge in [-0.25, -0.2) is 9.37 Å². The number of nitrogens with one attached hydrogen (secondary N) is 2. The first-order valence-corrected chi connectivity index (χ1v) is 22.7. The quantitative estimate of drug-likeness (QED) is 0.0545. The summed E-state index contributed by atoms with van der Waals surface area (Å²) in [4.78, 5) is 61.9. The van der Waals surface area contributed by atoms with Gasteiger partial charge in [0.1, 0.15) is 43.5 Å². The second kappa shape index (κ2) is 22.2. The maximum atomic E-state index is 15.3. The molecule has 3 aromatic carbocycles. The van der Waals surface area contributed by atoms with Gasteiger partial charge in [0.2, 0.25) is 17.7 Å². The van der Waals surface area contributed by atoms with Gasteiger partial charge in [-0.3, -0.25) is 24.1 Å². The molecule has 4 amide bonds. The number of nitrogens with zero attached hydrogens (tertiary/aromatic N) is 5. The normalized spacial score (nSPS) is 17.4. The first kappa shape index (κ1) is 50.4. The number of oxazole rings is 1. The topological polar surface area (TPSA) is 203 Å². The average molecular weight is 962 g/mol. The first-order chi connectivity index (χ1) is 31.9. The van der Waals surface area contributed by atoms with Crippen LogP contribution in [-0.4, -0.2) is 112 Å². The SMILES string of the molecule is CC(C)(C)[C@H](NC(=O)COCCC[OH+]CCCCOc1ccc(N2C(=S)N(c3ccc(C#N)c(Cl)c3)C(=O)C2(C)C)cc1F)C(=O)N1C[C@H](O)C[C@H]1C(=O)NCc1ccc(-c2cnco2)cc1. The van der Waals surface area contributed by atoms with Crippen LogP contribution in [0.1, 0.15) is 71.4 Å². The summed E-state index contributed by atoms with van der Waals surface area (Å²) in [5, 5.41) is 25.7. The Morgan fingerprint density at radius 1 is 1.07 bits per heavy atom. The summed E-state index contributed by atoms with van der Waals surface area (Å²) in [6.45, 7) is 10.3. The van der Waals surface area contributed by atoms with Gasteiger partial charge in [0, 0.05) is 49.7 Å². The second-order valence-electron chi connectivity index (χ2n) is 17.9. The van der Waals surface area contributed by atoms with Crippen molar-refractivity contribution >= 4 is 63.9 Å². The third kappa shape index (κ3) is 12.3. The summed E-state index contributed by atoms with van der Waals surface area (Å²) >= 11 is 11.9. The number of anilines is 2. The number of thiocarbonyl (C=S) groups is 1. The van der Waals surface area contributed by atoms with Crippen molar-refractivity contribution in [2.45, 2.75) is 90.6 Å². The largest absolute Gasteiger partial charge is 0.491 e. The molecule has 19 heteroatoms. The van der Waals surface area contributed by atoms with Gasteiger partial charge < -0.3 is 44.2 Å². The molecule has 0 spiro atoms. The molecular weight excluding hydrogens is 905 g/mol. The number of halogens is 2. The van der Waals surface area contributed by atoms with Gasteiger partial charge in [-0.1, -0.05) is 56.6 Å². The Morgan fingerprint density at radius 2 is 1.81 bits per heavy atom. The molecule has 2 aliphatic heterocycles. The Bertz CT molecular complexity index is 2460. The van der Waals surface area contributed by atoms with Crippen LogP contribution in [-0.2, 0) is 30.5 Å². The number of aliphatic hydroxyl groups is 3. The van der Waals surface area contributed by atoms with Crippen molar-refractivity contribution in [2.75, 3.05) is 49.4 Å². The second-order valence-corrected chi connectivity index (χ2v) is 18.7. The van der Waals surface area contributed by atoms with Crippen LogP contribution in [0.5, 0.6) is 5.75 Å². The number of ether oxygens (including phenoxy) is 3. The van der Waals surface area contributed by atoms with Gasteiger partial charge in [0.15, 0.2) is 28.8 Å². The Hall–Kier alpha value is -5.97. The van der Waals surface area contributed by atoms with Gasteiger partial charge in [-0.05, 0) is 73.8 Å². The Balaban J connectivity index is 0.866. The molecule has 0 bridgehead atoms. The molecule has 16 nitrogen and oxygen atoms in total. The number of hydrogen-bond acceptors (Lipinski definition) is 11. The molecule has 3 heterocycles. The Morgan fingerprint density at radius 3 is 2.48 bits per heavy atom. The van der Waals surface area contributed by atoms with E-state index < -0.39 is 52.7 Å². The summed E-state index contributed by atoms with van der Waals surface area (Å²) in [7, 11) is 0. The van der Waals surface area contributed by atoms with Crippen LogP contribution in [0.3, 0.4) is 0 Å². The highest BCUT2D eigenvalue weighted by atomic mass is 35.5. The van der Waals surface area contributed by atoms with Crippen molar-refractivity contribution in [3.8, 4) is 23.1 Å². The van der Waals surface area contributed by atoms with Crippen molar-refractivity contribution in [1.29, 1.82) is 5.26 Å². The molecule has 356 valence electrons. The van der Waals surface area contributed by atoms with E-state index in [9.17, 15) is 29.5 Å². The molecule has 2 aliphatic rings. The molecular formula is C48H56ClFN7O9S+. The third-order valence-electron chi connectivity index (χ3n) is 11.4. The van der Waals surface area contributed by atoms with Crippen LogP contribution in [0.15, 0.2) is 77.7 Å². The molecule has 6 rings (SSSR count). The lowest BCUT2D eigenvalue weighted by molar-refractivity contribution is -0.144. The summed E-state index contributed by atoms with van der Waals surface area (Å²) in [5.41, 5.74) is 0.855. The highest BCUT2D eigenvalue weighted by molar-refractivity contribution is 7.81. The van der Waals surface area contributed by atoms with Crippen LogP contribution in [0.25, 0.3) is 11.3 Å². The highest BCUT2D eigenvalue weighted by Gasteiger charge is 2.50. The van der Waals surface area contributed by atoms with Crippen LogP contribution >= 0.6 is 23.8 Å². The summed E-state index contributed by atoms with van der Waals surface area (Å²) in [6, 6.07) is 16.5. The predicted molar refractivity (Wildman–Crippen MR) is 253 cm³/mol.